The molecule has 1 aliphatic heterocycles. The number of amides is 1. The maximum atomic E-state index is 13.1. The third kappa shape index (κ3) is 3.04. The molecule has 1 fully saturated rings. The summed E-state index contributed by atoms with van der Waals surface area (Å²) in [5.74, 6) is 0.840. The SMILES string of the molecule is COc1ccccc1C1CNCCN1C(=O)Cc1noc2ccccc12. The monoisotopic (exact) mass is 351 g/mol. The lowest BCUT2D eigenvalue weighted by atomic mass is 10.0. The molecule has 2 aromatic carbocycles. The second kappa shape index (κ2) is 7.17. The maximum absolute atomic E-state index is 13.1. The number of hydrogen-bond acceptors (Lipinski definition) is 5. The Hall–Kier alpha value is -2.86. The number of piperazine rings is 1. The zero-order valence-corrected chi connectivity index (χ0v) is 14.6. The molecule has 1 N–H and O–H groups in total. The fourth-order valence-corrected chi connectivity index (χ4v) is 3.53. The van der Waals surface area contributed by atoms with Gasteiger partial charge in [-0.1, -0.05) is 35.5 Å². The van der Waals surface area contributed by atoms with Crippen molar-refractivity contribution in [2.24, 2.45) is 0 Å². The fourth-order valence-electron chi connectivity index (χ4n) is 3.53. The van der Waals surface area contributed by atoms with Crippen LogP contribution in [0.2, 0.25) is 0 Å². The van der Waals surface area contributed by atoms with Crippen LogP contribution in [0.3, 0.4) is 0 Å². The molecule has 0 saturated carbocycles. The second-order valence-electron chi connectivity index (χ2n) is 6.35. The van der Waals surface area contributed by atoms with Crippen molar-refractivity contribution in [2.45, 2.75) is 12.5 Å². The number of ether oxygens (including phenoxy) is 1. The summed E-state index contributed by atoms with van der Waals surface area (Å²) in [5.41, 5.74) is 2.40. The molecule has 26 heavy (non-hydrogen) atoms. The summed E-state index contributed by atoms with van der Waals surface area (Å²) in [6.45, 7) is 2.12. The molecule has 1 aliphatic rings. The lowest BCUT2D eigenvalue weighted by Gasteiger charge is -2.37. The molecule has 0 bridgehead atoms. The number of nitrogens with one attached hydrogen (secondary N) is 1. The molecule has 1 amide bonds. The van der Waals surface area contributed by atoms with Crippen molar-refractivity contribution >= 4 is 16.9 Å². The van der Waals surface area contributed by atoms with E-state index in [4.69, 9.17) is 9.26 Å². The Morgan fingerprint density at radius 1 is 1.27 bits per heavy atom. The van der Waals surface area contributed by atoms with Gasteiger partial charge in [-0.25, -0.2) is 0 Å². The average molecular weight is 351 g/mol. The van der Waals surface area contributed by atoms with Gasteiger partial charge in [0.2, 0.25) is 5.91 Å². The van der Waals surface area contributed by atoms with E-state index in [1.54, 1.807) is 7.11 Å². The Labute approximate surface area is 151 Å². The van der Waals surface area contributed by atoms with E-state index in [1.807, 2.05) is 53.4 Å². The summed E-state index contributed by atoms with van der Waals surface area (Å²) in [7, 11) is 1.66. The molecule has 0 aliphatic carbocycles. The number of rotatable bonds is 4. The van der Waals surface area contributed by atoms with Crippen molar-refractivity contribution in [3.05, 3.63) is 59.8 Å². The summed E-state index contributed by atoms with van der Waals surface area (Å²) in [4.78, 5) is 15.0. The van der Waals surface area contributed by atoms with Gasteiger partial charge in [0.15, 0.2) is 5.58 Å². The van der Waals surface area contributed by atoms with Gasteiger partial charge in [0.05, 0.1) is 19.6 Å². The van der Waals surface area contributed by atoms with Crippen LogP contribution in [0.5, 0.6) is 5.75 Å². The van der Waals surface area contributed by atoms with E-state index in [-0.39, 0.29) is 18.4 Å². The van der Waals surface area contributed by atoms with Crippen LogP contribution in [0.25, 0.3) is 11.0 Å². The van der Waals surface area contributed by atoms with Crippen molar-refractivity contribution in [1.29, 1.82) is 0 Å². The Morgan fingerprint density at radius 2 is 2.08 bits per heavy atom. The van der Waals surface area contributed by atoms with Crippen LogP contribution in [0, 0.1) is 0 Å². The second-order valence-corrected chi connectivity index (χ2v) is 6.35. The van der Waals surface area contributed by atoms with E-state index in [0.29, 0.717) is 24.4 Å². The first kappa shape index (κ1) is 16.6. The molecule has 3 aromatic rings. The molecule has 134 valence electrons. The van der Waals surface area contributed by atoms with E-state index in [9.17, 15) is 4.79 Å². The minimum Gasteiger partial charge on any atom is -0.496 e. The lowest BCUT2D eigenvalue weighted by molar-refractivity contribution is -0.133. The summed E-state index contributed by atoms with van der Waals surface area (Å²) < 4.78 is 10.8. The highest BCUT2D eigenvalue weighted by molar-refractivity contribution is 5.86. The normalized spacial score (nSPS) is 17.4. The zero-order valence-electron chi connectivity index (χ0n) is 14.6. The maximum Gasteiger partial charge on any atom is 0.229 e. The van der Waals surface area contributed by atoms with Gasteiger partial charge in [-0.15, -0.1) is 0 Å². The highest BCUT2D eigenvalue weighted by Gasteiger charge is 2.30. The van der Waals surface area contributed by atoms with Gasteiger partial charge in [-0.05, 0) is 18.2 Å². The summed E-state index contributed by atoms with van der Waals surface area (Å²) >= 11 is 0. The van der Waals surface area contributed by atoms with E-state index in [1.165, 1.54) is 0 Å². The van der Waals surface area contributed by atoms with Gasteiger partial charge in [-0.2, -0.15) is 0 Å². The topological polar surface area (TPSA) is 67.6 Å². The smallest absolute Gasteiger partial charge is 0.229 e. The van der Waals surface area contributed by atoms with Crippen LogP contribution < -0.4 is 10.1 Å². The molecule has 0 radical (unpaired) electrons. The lowest BCUT2D eigenvalue weighted by Crippen LogP contribution is -2.49. The molecular formula is C20H21N3O3. The van der Waals surface area contributed by atoms with Crippen molar-refractivity contribution < 1.29 is 14.1 Å². The molecule has 0 spiro atoms. The number of hydrogen-bond donors (Lipinski definition) is 1. The van der Waals surface area contributed by atoms with Crippen molar-refractivity contribution in [3.63, 3.8) is 0 Å². The van der Waals surface area contributed by atoms with E-state index in [0.717, 1.165) is 23.2 Å². The zero-order chi connectivity index (χ0) is 17.9. The van der Waals surface area contributed by atoms with Crippen LogP contribution in [-0.4, -0.2) is 42.7 Å². The number of benzene rings is 2. The van der Waals surface area contributed by atoms with Crippen molar-refractivity contribution in [3.8, 4) is 5.75 Å². The standard InChI is InChI=1S/C20H21N3O3/c1-25-18-8-4-3-7-15(18)17-13-21-10-11-23(17)20(24)12-16-14-6-2-5-9-19(14)26-22-16/h2-9,17,21H,10-13H2,1H3. The number of fused-ring (bicyclic) bond motifs is 1. The molecule has 2 heterocycles. The number of carbonyl (C=O) groups is 1. The molecule has 1 atom stereocenters. The summed E-state index contributed by atoms with van der Waals surface area (Å²) in [6, 6.07) is 15.4. The number of aromatic nitrogens is 1. The first-order valence-corrected chi connectivity index (χ1v) is 8.74. The van der Waals surface area contributed by atoms with Gasteiger partial charge in [0.1, 0.15) is 11.4 Å². The van der Waals surface area contributed by atoms with Gasteiger partial charge in [0, 0.05) is 30.6 Å². The Kier molecular flexibility index (Phi) is 4.58. The predicted octanol–water partition coefficient (Wildman–Crippen LogP) is 2.55. The highest BCUT2D eigenvalue weighted by Crippen LogP contribution is 2.31. The highest BCUT2D eigenvalue weighted by atomic mass is 16.5. The minimum absolute atomic E-state index is 0.0430. The van der Waals surface area contributed by atoms with E-state index in [2.05, 4.69) is 10.5 Å². The van der Waals surface area contributed by atoms with Gasteiger partial charge in [-0.3, -0.25) is 4.79 Å². The first-order chi connectivity index (χ1) is 12.8. The third-order valence-corrected chi connectivity index (χ3v) is 4.83. The van der Waals surface area contributed by atoms with Crippen LogP contribution in [0.15, 0.2) is 53.1 Å². The molecule has 4 rings (SSSR count). The Bertz CT molecular complexity index is 921. The van der Waals surface area contributed by atoms with Crippen LogP contribution in [0.4, 0.5) is 0 Å². The summed E-state index contributed by atoms with van der Waals surface area (Å²) in [6.07, 6.45) is 0.225. The number of methoxy groups -OCH3 is 1. The van der Waals surface area contributed by atoms with E-state index < -0.39 is 0 Å². The number of carbonyl (C=O) groups excluding carboxylic acids is 1. The summed E-state index contributed by atoms with van der Waals surface area (Å²) in [5, 5.41) is 8.37. The van der Waals surface area contributed by atoms with Crippen molar-refractivity contribution in [1.82, 2.24) is 15.4 Å². The minimum atomic E-state index is -0.0643. The fraction of sp³-hybridized carbons (Fsp3) is 0.300. The van der Waals surface area contributed by atoms with Crippen LogP contribution in [0.1, 0.15) is 17.3 Å². The number of nitrogens with zero attached hydrogens (tertiary/aromatic N) is 2. The third-order valence-electron chi connectivity index (χ3n) is 4.83. The van der Waals surface area contributed by atoms with Crippen LogP contribution >= 0.6 is 0 Å². The Morgan fingerprint density at radius 3 is 2.96 bits per heavy atom. The van der Waals surface area contributed by atoms with Gasteiger partial charge < -0.3 is 19.5 Å². The number of para-hydroxylation sites is 2. The van der Waals surface area contributed by atoms with Crippen molar-refractivity contribution in [2.75, 3.05) is 26.7 Å². The molecule has 1 saturated heterocycles. The largest absolute Gasteiger partial charge is 0.496 e. The molecular weight excluding hydrogens is 330 g/mol. The van der Waals surface area contributed by atoms with E-state index >= 15 is 0 Å². The molecule has 6 heteroatoms. The van der Waals surface area contributed by atoms with Gasteiger partial charge in [0.25, 0.3) is 0 Å². The molecule has 1 aromatic heterocycles. The average Bonchev–Trinajstić information content (AvgIpc) is 3.11. The molecule has 1 unspecified atom stereocenters. The Balaban J connectivity index is 1.61. The quantitative estimate of drug-likeness (QED) is 0.782. The van der Waals surface area contributed by atoms with Crippen LogP contribution in [-0.2, 0) is 11.2 Å². The predicted molar refractivity (Wildman–Crippen MR) is 98.0 cm³/mol. The first-order valence-electron chi connectivity index (χ1n) is 8.74. The molecule has 6 nitrogen and oxygen atoms in total. The van der Waals surface area contributed by atoms with Gasteiger partial charge >= 0.3 is 0 Å².